The van der Waals surface area contributed by atoms with Gasteiger partial charge in [0.15, 0.2) is 0 Å². The smallest absolute Gasteiger partial charge is 0.338 e. The molecule has 0 saturated heterocycles. The number of rotatable bonds is 9. The maximum atomic E-state index is 13.6. The van der Waals surface area contributed by atoms with Crippen LogP contribution >= 0.6 is 0 Å². The number of amides is 1. The van der Waals surface area contributed by atoms with Crippen molar-refractivity contribution >= 4 is 33.3 Å². The predicted molar refractivity (Wildman–Crippen MR) is 130 cm³/mol. The molecule has 3 aromatic rings. The molecule has 0 atom stereocenters. The predicted octanol–water partition coefficient (Wildman–Crippen LogP) is 4.15. The summed E-state index contributed by atoms with van der Waals surface area (Å²) in [6.45, 7) is 3.06. The first-order chi connectivity index (χ1) is 16.6. The third-order valence-electron chi connectivity index (χ3n) is 4.97. The van der Waals surface area contributed by atoms with Crippen LogP contribution in [0.15, 0.2) is 71.6 Å². The Balaban J connectivity index is 1.91. The largest absolute Gasteiger partial charge is 0.495 e. The average molecular weight is 501 g/mol. The van der Waals surface area contributed by atoms with Gasteiger partial charge >= 0.3 is 5.97 Å². The number of benzene rings is 3. The maximum Gasteiger partial charge on any atom is 0.338 e. The first-order valence-electron chi connectivity index (χ1n) is 10.7. The van der Waals surface area contributed by atoms with Crippen molar-refractivity contribution in [1.29, 1.82) is 0 Å². The molecular weight excluding hydrogens is 475 g/mol. The highest BCUT2D eigenvalue weighted by Crippen LogP contribution is 2.31. The molecular formula is C25H25FN2O6S. The van der Waals surface area contributed by atoms with Crippen LogP contribution in [-0.2, 0) is 19.6 Å². The van der Waals surface area contributed by atoms with Gasteiger partial charge in [0.2, 0.25) is 5.91 Å². The number of carbonyl (C=O) groups is 2. The molecule has 0 fully saturated rings. The molecule has 0 aliphatic heterocycles. The number of carbonyl (C=O) groups excluding carboxylic acids is 2. The molecule has 0 radical (unpaired) electrons. The van der Waals surface area contributed by atoms with E-state index in [1.165, 1.54) is 55.6 Å². The first-order valence-corrected chi connectivity index (χ1v) is 12.1. The van der Waals surface area contributed by atoms with Gasteiger partial charge in [-0.1, -0.05) is 6.07 Å². The van der Waals surface area contributed by atoms with E-state index in [2.05, 4.69) is 5.32 Å². The SMILES string of the molecule is CCOC(=O)c1ccc(NC(=O)CN(c2ccc(F)cc2)S(=O)(=O)c2cc(C)ccc2OC)cc1. The third-order valence-corrected chi connectivity index (χ3v) is 6.76. The summed E-state index contributed by atoms with van der Waals surface area (Å²) in [5.41, 5.74) is 1.44. The van der Waals surface area contributed by atoms with Crippen molar-refractivity contribution in [3.8, 4) is 5.75 Å². The van der Waals surface area contributed by atoms with Gasteiger partial charge in [0.25, 0.3) is 10.0 Å². The first kappa shape index (κ1) is 25.7. The van der Waals surface area contributed by atoms with Gasteiger partial charge in [0.05, 0.1) is 25.0 Å². The van der Waals surface area contributed by atoms with E-state index in [-0.39, 0.29) is 22.9 Å². The number of sulfonamides is 1. The van der Waals surface area contributed by atoms with E-state index in [9.17, 15) is 22.4 Å². The Morgan fingerprint density at radius 1 is 1.00 bits per heavy atom. The summed E-state index contributed by atoms with van der Waals surface area (Å²) in [4.78, 5) is 24.5. The molecule has 0 heterocycles. The molecule has 184 valence electrons. The Labute approximate surface area is 203 Å². The molecule has 0 unspecified atom stereocenters. The van der Waals surface area contributed by atoms with Gasteiger partial charge in [0, 0.05) is 5.69 Å². The van der Waals surface area contributed by atoms with Gasteiger partial charge in [-0.05, 0) is 80.1 Å². The van der Waals surface area contributed by atoms with E-state index in [0.717, 1.165) is 16.4 Å². The monoisotopic (exact) mass is 500 g/mol. The molecule has 0 aromatic heterocycles. The summed E-state index contributed by atoms with van der Waals surface area (Å²) >= 11 is 0. The van der Waals surface area contributed by atoms with E-state index < -0.39 is 34.3 Å². The van der Waals surface area contributed by atoms with E-state index in [1.54, 1.807) is 19.9 Å². The fourth-order valence-corrected chi connectivity index (χ4v) is 4.93. The lowest BCUT2D eigenvalue weighted by atomic mass is 10.2. The van der Waals surface area contributed by atoms with E-state index in [0.29, 0.717) is 16.8 Å². The molecule has 1 amide bonds. The average Bonchev–Trinajstić information content (AvgIpc) is 2.83. The minimum absolute atomic E-state index is 0.0998. The highest BCUT2D eigenvalue weighted by Gasteiger charge is 2.30. The summed E-state index contributed by atoms with van der Waals surface area (Å²) in [6.07, 6.45) is 0. The van der Waals surface area contributed by atoms with Gasteiger partial charge < -0.3 is 14.8 Å². The fourth-order valence-electron chi connectivity index (χ4n) is 3.26. The van der Waals surface area contributed by atoms with Gasteiger partial charge in [0.1, 0.15) is 23.0 Å². The Morgan fingerprint density at radius 3 is 2.26 bits per heavy atom. The summed E-state index contributed by atoms with van der Waals surface area (Å²) < 4.78 is 51.9. The molecule has 0 bridgehead atoms. The van der Waals surface area contributed by atoms with E-state index in [4.69, 9.17) is 9.47 Å². The normalized spacial score (nSPS) is 11.0. The summed E-state index contributed by atoms with van der Waals surface area (Å²) in [6, 6.07) is 15.4. The molecule has 10 heteroatoms. The van der Waals surface area contributed by atoms with Crippen LogP contribution in [-0.4, -0.2) is 40.6 Å². The molecule has 3 aromatic carbocycles. The zero-order valence-corrected chi connectivity index (χ0v) is 20.3. The molecule has 8 nitrogen and oxygen atoms in total. The van der Waals surface area contributed by atoms with Crippen LogP contribution in [0.3, 0.4) is 0 Å². The van der Waals surface area contributed by atoms with Gasteiger partial charge in [-0.2, -0.15) is 0 Å². The second-order valence-electron chi connectivity index (χ2n) is 7.49. The quantitative estimate of drug-likeness (QED) is 0.443. The van der Waals surface area contributed by atoms with Crippen molar-refractivity contribution in [2.75, 3.05) is 29.9 Å². The molecule has 0 saturated carbocycles. The fraction of sp³-hybridized carbons (Fsp3) is 0.200. The number of halogens is 1. The van der Waals surface area contributed by atoms with Crippen LogP contribution in [0.2, 0.25) is 0 Å². The maximum absolute atomic E-state index is 13.6. The van der Waals surface area contributed by atoms with Crippen LogP contribution in [0.1, 0.15) is 22.8 Å². The summed E-state index contributed by atoms with van der Waals surface area (Å²) in [5.74, 6) is -1.58. The Bertz CT molecular complexity index is 1310. The van der Waals surface area contributed by atoms with Gasteiger partial charge in [-0.3, -0.25) is 9.10 Å². The number of anilines is 2. The number of nitrogens with zero attached hydrogens (tertiary/aromatic N) is 1. The number of nitrogens with one attached hydrogen (secondary N) is 1. The number of ether oxygens (including phenoxy) is 2. The summed E-state index contributed by atoms with van der Waals surface area (Å²) in [7, 11) is -2.93. The Hall–Kier alpha value is -3.92. The zero-order chi connectivity index (χ0) is 25.6. The number of esters is 1. The molecule has 3 rings (SSSR count). The highest BCUT2D eigenvalue weighted by molar-refractivity contribution is 7.93. The van der Waals surface area contributed by atoms with Gasteiger partial charge in [-0.25, -0.2) is 17.6 Å². The number of hydrogen-bond acceptors (Lipinski definition) is 6. The summed E-state index contributed by atoms with van der Waals surface area (Å²) in [5, 5.41) is 2.61. The standard InChI is InChI=1S/C25H25FN2O6S/c1-4-34-25(30)18-6-10-20(11-7-18)27-24(29)16-28(21-12-8-19(26)9-13-21)35(31,32)23-15-17(2)5-14-22(23)33-3/h5-15H,4,16H2,1-3H3,(H,27,29). The van der Waals surface area contributed by atoms with Crippen LogP contribution in [0, 0.1) is 12.7 Å². The molecule has 0 aliphatic carbocycles. The van der Waals surface area contributed by atoms with Crippen LogP contribution in [0.25, 0.3) is 0 Å². The van der Waals surface area contributed by atoms with Crippen molar-refractivity contribution in [3.05, 3.63) is 83.7 Å². The Morgan fingerprint density at radius 2 is 1.66 bits per heavy atom. The highest BCUT2D eigenvalue weighted by atomic mass is 32.2. The van der Waals surface area contributed by atoms with Gasteiger partial charge in [-0.15, -0.1) is 0 Å². The van der Waals surface area contributed by atoms with Crippen molar-refractivity contribution < 1.29 is 31.9 Å². The molecule has 1 N–H and O–H groups in total. The second-order valence-corrected chi connectivity index (χ2v) is 9.32. The third kappa shape index (κ3) is 6.15. The minimum atomic E-state index is -4.28. The molecule has 0 aliphatic rings. The minimum Gasteiger partial charge on any atom is -0.495 e. The lowest BCUT2D eigenvalue weighted by molar-refractivity contribution is -0.114. The van der Waals surface area contributed by atoms with Crippen LogP contribution in [0.4, 0.5) is 15.8 Å². The lowest BCUT2D eigenvalue weighted by Crippen LogP contribution is -2.38. The van der Waals surface area contributed by atoms with E-state index >= 15 is 0 Å². The number of aryl methyl sites for hydroxylation is 1. The Kier molecular flexibility index (Phi) is 8.08. The second kappa shape index (κ2) is 11.0. The van der Waals surface area contributed by atoms with Crippen molar-refractivity contribution in [1.82, 2.24) is 0 Å². The molecule has 35 heavy (non-hydrogen) atoms. The van der Waals surface area contributed by atoms with Crippen LogP contribution < -0.4 is 14.4 Å². The topological polar surface area (TPSA) is 102 Å². The lowest BCUT2D eigenvalue weighted by Gasteiger charge is -2.25. The van der Waals surface area contributed by atoms with Crippen molar-refractivity contribution in [2.45, 2.75) is 18.7 Å². The number of hydrogen-bond donors (Lipinski definition) is 1. The van der Waals surface area contributed by atoms with Crippen molar-refractivity contribution in [3.63, 3.8) is 0 Å². The zero-order valence-electron chi connectivity index (χ0n) is 19.4. The molecule has 0 spiro atoms. The number of methoxy groups -OCH3 is 1. The van der Waals surface area contributed by atoms with Crippen molar-refractivity contribution in [2.24, 2.45) is 0 Å². The van der Waals surface area contributed by atoms with E-state index in [1.807, 2.05) is 0 Å². The van der Waals surface area contributed by atoms with Crippen LogP contribution in [0.5, 0.6) is 5.75 Å².